The minimum atomic E-state index is -0.000206. The number of rotatable bonds is 7. The van der Waals surface area contributed by atoms with E-state index in [2.05, 4.69) is 58.5 Å². The largest absolute Gasteiger partial charge is 0.348 e. The van der Waals surface area contributed by atoms with E-state index in [-0.39, 0.29) is 17.9 Å². The van der Waals surface area contributed by atoms with Crippen LogP contribution in [0.1, 0.15) is 68.4 Å². The number of piperidine rings is 1. The van der Waals surface area contributed by atoms with Crippen LogP contribution in [0, 0.1) is 12.8 Å². The van der Waals surface area contributed by atoms with Gasteiger partial charge in [0.2, 0.25) is 11.8 Å². The molecule has 6 nitrogen and oxygen atoms in total. The number of carbonyl (C=O) groups excluding carboxylic acids is 1. The zero-order valence-electron chi connectivity index (χ0n) is 17.4. The highest BCUT2D eigenvalue weighted by Gasteiger charge is 2.27. The summed E-state index contributed by atoms with van der Waals surface area (Å²) in [6, 6.07) is 8.58. The molecule has 0 spiro atoms. The molecule has 6 heteroatoms. The van der Waals surface area contributed by atoms with Crippen molar-refractivity contribution >= 4 is 5.91 Å². The van der Waals surface area contributed by atoms with Crippen LogP contribution in [-0.4, -0.2) is 40.6 Å². The molecule has 1 N–H and O–H groups in total. The van der Waals surface area contributed by atoms with Gasteiger partial charge in [0.15, 0.2) is 5.82 Å². The Hall–Kier alpha value is -2.21. The fourth-order valence-electron chi connectivity index (χ4n) is 3.87. The first-order valence-corrected chi connectivity index (χ1v) is 10.3. The molecular formula is C22H32N4O2. The van der Waals surface area contributed by atoms with Crippen LogP contribution >= 0.6 is 0 Å². The molecule has 2 heterocycles. The van der Waals surface area contributed by atoms with E-state index < -0.39 is 0 Å². The molecule has 1 aromatic carbocycles. The number of carbonyl (C=O) groups is 1. The predicted octanol–water partition coefficient (Wildman–Crippen LogP) is 3.63. The highest BCUT2D eigenvalue weighted by atomic mass is 16.5. The van der Waals surface area contributed by atoms with Crippen molar-refractivity contribution in [1.82, 2.24) is 20.4 Å². The summed E-state index contributed by atoms with van der Waals surface area (Å²) >= 11 is 0. The quantitative estimate of drug-likeness (QED) is 0.789. The van der Waals surface area contributed by atoms with Gasteiger partial charge in [0.1, 0.15) is 0 Å². The Morgan fingerprint density at radius 3 is 2.68 bits per heavy atom. The van der Waals surface area contributed by atoms with Gasteiger partial charge in [-0.3, -0.25) is 9.69 Å². The number of benzene rings is 1. The van der Waals surface area contributed by atoms with Crippen molar-refractivity contribution < 1.29 is 9.32 Å². The minimum absolute atomic E-state index is 0.000206. The number of amides is 1. The van der Waals surface area contributed by atoms with Gasteiger partial charge < -0.3 is 9.84 Å². The molecule has 0 radical (unpaired) electrons. The number of nitrogens with zero attached hydrogens (tertiary/aromatic N) is 3. The van der Waals surface area contributed by atoms with E-state index in [9.17, 15) is 4.79 Å². The maximum absolute atomic E-state index is 12.6. The Balaban J connectivity index is 1.50. The minimum Gasteiger partial charge on any atom is -0.348 e. The van der Waals surface area contributed by atoms with Crippen molar-refractivity contribution in [1.29, 1.82) is 0 Å². The molecule has 0 aliphatic carbocycles. The fraction of sp³-hybridized carbons (Fsp3) is 0.591. The zero-order chi connectivity index (χ0) is 20.1. The van der Waals surface area contributed by atoms with Crippen molar-refractivity contribution in [2.75, 3.05) is 19.6 Å². The number of aryl methyl sites for hydroxylation is 1. The first-order valence-electron chi connectivity index (χ1n) is 10.3. The summed E-state index contributed by atoms with van der Waals surface area (Å²) in [5.41, 5.74) is 2.48. The number of hydrogen-bond donors (Lipinski definition) is 1. The first kappa shape index (κ1) is 20.5. The Morgan fingerprint density at radius 1 is 1.29 bits per heavy atom. The molecule has 2 atom stereocenters. The molecule has 1 saturated heterocycles. The van der Waals surface area contributed by atoms with Gasteiger partial charge in [-0.25, -0.2) is 0 Å². The Labute approximate surface area is 167 Å². The Kier molecular flexibility index (Phi) is 6.83. The number of likely N-dealkylation sites (tertiary alicyclic amines) is 1. The van der Waals surface area contributed by atoms with E-state index in [0.717, 1.165) is 37.9 Å². The molecule has 152 valence electrons. The van der Waals surface area contributed by atoms with Crippen LogP contribution in [0.4, 0.5) is 0 Å². The molecule has 1 fully saturated rings. The number of nitrogens with one attached hydrogen (secondary N) is 1. The van der Waals surface area contributed by atoms with Gasteiger partial charge in [0.25, 0.3) is 0 Å². The van der Waals surface area contributed by atoms with E-state index in [1.165, 1.54) is 5.56 Å². The molecule has 0 bridgehead atoms. The molecule has 1 aliphatic rings. The molecule has 2 unspecified atom stereocenters. The van der Waals surface area contributed by atoms with Crippen LogP contribution in [0.15, 0.2) is 28.8 Å². The van der Waals surface area contributed by atoms with Crippen LogP contribution in [0.3, 0.4) is 0 Å². The monoisotopic (exact) mass is 384 g/mol. The molecule has 28 heavy (non-hydrogen) atoms. The van der Waals surface area contributed by atoms with Gasteiger partial charge in [0, 0.05) is 6.54 Å². The average Bonchev–Trinajstić information content (AvgIpc) is 3.08. The van der Waals surface area contributed by atoms with Gasteiger partial charge in [0.05, 0.1) is 18.5 Å². The van der Waals surface area contributed by atoms with Gasteiger partial charge >= 0.3 is 0 Å². The van der Waals surface area contributed by atoms with E-state index >= 15 is 0 Å². The van der Waals surface area contributed by atoms with Crippen molar-refractivity contribution in [3.63, 3.8) is 0 Å². The van der Waals surface area contributed by atoms with Gasteiger partial charge in [-0.1, -0.05) is 43.3 Å². The van der Waals surface area contributed by atoms with Crippen LogP contribution in [0.5, 0.6) is 0 Å². The van der Waals surface area contributed by atoms with Gasteiger partial charge in [-0.2, -0.15) is 4.98 Å². The standard InChI is InChI=1S/C22H32N4O2/c1-15(2)12-18-7-9-19(10-8-18)16(3)23-21(27)14-26-11-5-6-20(13-26)22-24-17(4)25-28-22/h7-10,15-16,20H,5-6,11-14H2,1-4H3,(H,23,27). The van der Waals surface area contributed by atoms with E-state index in [0.29, 0.717) is 24.2 Å². The summed E-state index contributed by atoms with van der Waals surface area (Å²) < 4.78 is 5.32. The molecule has 2 aromatic rings. The SMILES string of the molecule is Cc1noc(C2CCCN(CC(=O)NC(C)c3ccc(CC(C)C)cc3)C2)n1. The summed E-state index contributed by atoms with van der Waals surface area (Å²) in [5.74, 6) is 2.28. The molecule has 1 aliphatic heterocycles. The first-order chi connectivity index (χ1) is 13.4. The lowest BCUT2D eigenvalue weighted by molar-refractivity contribution is -0.123. The van der Waals surface area contributed by atoms with E-state index in [1.54, 1.807) is 0 Å². The van der Waals surface area contributed by atoms with Crippen LogP contribution in [0.2, 0.25) is 0 Å². The van der Waals surface area contributed by atoms with Crippen molar-refractivity contribution in [2.24, 2.45) is 5.92 Å². The number of aromatic nitrogens is 2. The average molecular weight is 385 g/mol. The molecular weight excluding hydrogens is 352 g/mol. The molecule has 1 amide bonds. The summed E-state index contributed by atoms with van der Waals surface area (Å²) in [7, 11) is 0. The summed E-state index contributed by atoms with van der Waals surface area (Å²) in [6.07, 6.45) is 3.14. The maximum Gasteiger partial charge on any atom is 0.234 e. The Bertz CT molecular complexity index is 769. The second kappa shape index (κ2) is 9.32. The van der Waals surface area contributed by atoms with E-state index in [4.69, 9.17) is 4.52 Å². The second-order valence-electron chi connectivity index (χ2n) is 8.38. The lowest BCUT2D eigenvalue weighted by Gasteiger charge is -2.30. The van der Waals surface area contributed by atoms with Gasteiger partial charge in [-0.15, -0.1) is 0 Å². The lowest BCUT2D eigenvalue weighted by Crippen LogP contribution is -2.42. The van der Waals surface area contributed by atoms with E-state index in [1.807, 2.05) is 13.8 Å². The molecule has 0 saturated carbocycles. The normalized spacial score (nSPS) is 19.0. The second-order valence-corrected chi connectivity index (χ2v) is 8.38. The highest BCUT2D eigenvalue weighted by molar-refractivity contribution is 5.78. The number of hydrogen-bond acceptors (Lipinski definition) is 5. The predicted molar refractivity (Wildman–Crippen MR) is 109 cm³/mol. The third kappa shape index (κ3) is 5.64. The lowest BCUT2D eigenvalue weighted by atomic mass is 9.98. The van der Waals surface area contributed by atoms with Gasteiger partial charge in [-0.05, 0) is 56.7 Å². The summed E-state index contributed by atoms with van der Waals surface area (Å²) in [4.78, 5) is 19.1. The van der Waals surface area contributed by atoms with Crippen LogP contribution in [-0.2, 0) is 11.2 Å². The third-order valence-electron chi connectivity index (χ3n) is 5.27. The van der Waals surface area contributed by atoms with Crippen LogP contribution in [0.25, 0.3) is 0 Å². The summed E-state index contributed by atoms with van der Waals surface area (Å²) in [5, 5.41) is 7.02. The third-order valence-corrected chi connectivity index (χ3v) is 5.27. The zero-order valence-corrected chi connectivity index (χ0v) is 17.4. The summed E-state index contributed by atoms with van der Waals surface area (Å²) in [6.45, 7) is 10.4. The molecule has 3 rings (SSSR count). The maximum atomic E-state index is 12.6. The smallest absolute Gasteiger partial charge is 0.234 e. The van der Waals surface area contributed by atoms with Crippen molar-refractivity contribution in [3.05, 3.63) is 47.1 Å². The highest BCUT2D eigenvalue weighted by Crippen LogP contribution is 2.25. The van der Waals surface area contributed by atoms with Crippen molar-refractivity contribution in [3.8, 4) is 0 Å². The van der Waals surface area contributed by atoms with Crippen LogP contribution < -0.4 is 5.32 Å². The Morgan fingerprint density at radius 2 is 2.04 bits per heavy atom. The molecule has 1 aromatic heterocycles. The van der Waals surface area contributed by atoms with Crippen molar-refractivity contribution in [2.45, 2.75) is 58.9 Å². The fourth-order valence-corrected chi connectivity index (χ4v) is 3.87. The topological polar surface area (TPSA) is 71.3 Å².